The van der Waals surface area contributed by atoms with Crippen molar-refractivity contribution in [1.29, 1.82) is 0 Å². The highest BCUT2D eigenvalue weighted by Crippen LogP contribution is 2.50. The standard InChI is InChI=1S/C31H20N2O/c1-2-11-25-23(9-1)24-10-3-4-12-26(24)32-31(25)21-17-19-22(20-18-21)33-27-13-5-7-15-29(27)34-30-16-8-6-14-28(30)33/h1-20H. The smallest absolute Gasteiger partial charge is 0.151 e. The summed E-state index contributed by atoms with van der Waals surface area (Å²) < 4.78 is 6.16. The Morgan fingerprint density at radius 3 is 1.76 bits per heavy atom. The molecule has 0 N–H and O–H groups in total. The normalized spacial score (nSPS) is 12.3. The SMILES string of the molecule is c1ccc2c(c1)Oc1ccccc1N2c1ccc(-c2nc3ccccc3c3ccccc23)cc1. The van der Waals surface area contributed by atoms with Crippen molar-refractivity contribution in [3.05, 3.63) is 121 Å². The molecule has 1 aliphatic rings. The first-order chi connectivity index (χ1) is 16.9. The summed E-state index contributed by atoms with van der Waals surface area (Å²) in [6.07, 6.45) is 0. The number of nitrogens with zero attached hydrogens (tertiary/aromatic N) is 2. The molecule has 160 valence electrons. The van der Waals surface area contributed by atoms with Crippen LogP contribution >= 0.6 is 0 Å². The van der Waals surface area contributed by atoms with Crippen LogP contribution in [0.3, 0.4) is 0 Å². The Morgan fingerprint density at radius 1 is 0.500 bits per heavy atom. The number of para-hydroxylation sites is 5. The maximum atomic E-state index is 6.16. The Morgan fingerprint density at radius 2 is 1.06 bits per heavy atom. The van der Waals surface area contributed by atoms with E-state index in [4.69, 9.17) is 9.72 Å². The van der Waals surface area contributed by atoms with E-state index in [1.165, 1.54) is 10.8 Å². The van der Waals surface area contributed by atoms with Crippen LogP contribution in [0.4, 0.5) is 17.1 Å². The van der Waals surface area contributed by atoms with Crippen molar-refractivity contribution in [1.82, 2.24) is 4.98 Å². The van der Waals surface area contributed by atoms with Gasteiger partial charge in [-0.05, 0) is 47.9 Å². The molecule has 1 aromatic heterocycles. The van der Waals surface area contributed by atoms with E-state index in [9.17, 15) is 0 Å². The lowest BCUT2D eigenvalue weighted by atomic mass is 9.99. The largest absolute Gasteiger partial charge is 0.453 e. The molecule has 0 unspecified atom stereocenters. The molecule has 0 bridgehead atoms. The predicted octanol–water partition coefficient (Wildman–Crippen LogP) is 8.63. The van der Waals surface area contributed by atoms with E-state index in [1.54, 1.807) is 0 Å². The third kappa shape index (κ3) is 2.87. The van der Waals surface area contributed by atoms with Gasteiger partial charge in [0.2, 0.25) is 0 Å². The summed E-state index contributed by atoms with van der Waals surface area (Å²) in [5.74, 6) is 1.71. The Hall–Kier alpha value is -4.63. The fraction of sp³-hybridized carbons (Fsp3) is 0. The summed E-state index contributed by atoms with van der Waals surface area (Å²) >= 11 is 0. The van der Waals surface area contributed by atoms with Crippen LogP contribution in [0, 0.1) is 0 Å². The first-order valence-electron chi connectivity index (χ1n) is 11.4. The van der Waals surface area contributed by atoms with Crippen LogP contribution in [0.5, 0.6) is 11.5 Å². The summed E-state index contributed by atoms with van der Waals surface area (Å²) in [7, 11) is 0. The molecule has 0 radical (unpaired) electrons. The zero-order valence-electron chi connectivity index (χ0n) is 18.3. The van der Waals surface area contributed by atoms with Gasteiger partial charge in [0.25, 0.3) is 0 Å². The van der Waals surface area contributed by atoms with E-state index >= 15 is 0 Å². The molecule has 7 rings (SSSR count). The lowest BCUT2D eigenvalue weighted by Crippen LogP contribution is -2.15. The van der Waals surface area contributed by atoms with Crippen molar-refractivity contribution in [2.75, 3.05) is 4.90 Å². The number of fused-ring (bicyclic) bond motifs is 5. The number of rotatable bonds is 2. The Labute approximate surface area is 197 Å². The Balaban J connectivity index is 1.39. The predicted molar refractivity (Wildman–Crippen MR) is 139 cm³/mol. The zero-order valence-corrected chi connectivity index (χ0v) is 18.3. The third-order valence-electron chi connectivity index (χ3n) is 6.44. The highest BCUT2D eigenvalue weighted by Gasteiger charge is 2.25. The van der Waals surface area contributed by atoms with E-state index in [0.29, 0.717) is 0 Å². The van der Waals surface area contributed by atoms with Crippen molar-refractivity contribution < 1.29 is 4.74 Å². The number of aromatic nitrogens is 1. The lowest BCUT2D eigenvalue weighted by molar-refractivity contribution is 0.477. The number of ether oxygens (including phenoxy) is 1. The number of anilines is 3. The minimum Gasteiger partial charge on any atom is -0.453 e. The van der Waals surface area contributed by atoms with E-state index in [1.807, 2.05) is 42.5 Å². The van der Waals surface area contributed by atoms with Crippen molar-refractivity contribution in [3.63, 3.8) is 0 Å². The van der Waals surface area contributed by atoms with Crippen LogP contribution in [0.25, 0.3) is 32.9 Å². The van der Waals surface area contributed by atoms with Crippen LogP contribution in [0.15, 0.2) is 121 Å². The minimum absolute atomic E-state index is 0.854. The molecule has 2 heterocycles. The van der Waals surface area contributed by atoms with E-state index in [0.717, 1.165) is 50.7 Å². The number of benzene rings is 5. The molecule has 1 aliphatic heterocycles. The first-order valence-corrected chi connectivity index (χ1v) is 11.4. The molecule has 0 saturated carbocycles. The molecule has 0 atom stereocenters. The average Bonchev–Trinajstić information content (AvgIpc) is 2.91. The molecule has 0 amide bonds. The van der Waals surface area contributed by atoms with E-state index in [2.05, 4.69) is 83.8 Å². The van der Waals surface area contributed by atoms with Gasteiger partial charge in [0, 0.05) is 22.0 Å². The lowest BCUT2D eigenvalue weighted by Gasteiger charge is -2.32. The summed E-state index contributed by atoms with van der Waals surface area (Å²) in [5, 5.41) is 3.57. The molecule has 0 aliphatic carbocycles. The minimum atomic E-state index is 0.854. The topological polar surface area (TPSA) is 25.4 Å². The molecule has 0 saturated heterocycles. The van der Waals surface area contributed by atoms with Gasteiger partial charge in [-0.2, -0.15) is 0 Å². The molecular formula is C31H20N2O. The van der Waals surface area contributed by atoms with Crippen LogP contribution < -0.4 is 9.64 Å². The second kappa shape index (κ2) is 7.46. The molecular weight excluding hydrogens is 416 g/mol. The van der Waals surface area contributed by atoms with Gasteiger partial charge < -0.3 is 9.64 Å². The molecule has 5 aromatic carbocycles. The summed E-state index contributed by atoms with van der Waals surface area (Å²) in [5.41, 5.74) is 6.25. The monoisotopic (exact) mass is 436 g/mol. The number of hydrogen-bond donors (Lipinski definition) is 0. The molecule has 3 heteroatoms. The van der Waals surface area contributed by atoms with Gasteiger partial charge in [-0.1, -0.05) is 78.9 Å². The van der Waals surface area contributed by atoms with Gasteiger partial charge in [0.15, 0.2) is 11.5 Å². The quantitative estimate of drug-likeness (QED) is 0.254. The van der Waals surface area contributed by atoms with E-state index < -0.39 is 0 Å². The highest BCUT2D eigenvalue weighted by molar-refractivity contribution is 6.10. The second-order valence-electron chi connectivity index (χ2n) is 8.44. The van der Waals surface area contributed by atoms with Gasteiger partial charge in [0.1, 0.15) is 0 Å². The van der Waals surface area contributed by atoms with Gasteiger partial charge in [0.05, 0.1) is 22.6 Å². The molecule has 0 fully saturated rings. The van der Waals surface area contributed by atoms with Gasteiger partial charge >= 0.3 is 0 Å². The molecule has 34 heavy (non-hydrogen) atoms. The van der Waals surface area contributed by atoms with Crippen LogP contribution in [-0.4, -0.2) is 4.98 Å². The fourth-order valence-corrected chi connectivity index (χ4v) is 4.88. The summed E-state index contributed by atoms with van der Waals surface area (Å²) in [6, 6.07) is 41.8. The summed E-state index contributed by atoms with van der Waals surface area (Å²) in [4.78, 5) is 7.31. The Bertz CT molecular complexity index is 1640. The van der Waals surface area contributed by atoms with E-state index in [-0.39, 0.29) is 0 Å². The molecule has 3 nitrogen and oxygen atoms in total. The number of hydrogen-bond acceptors (Lipinski definition) is 3. The fourth-order valence-electron chi connectivity index (χ4n) is 4.88. The second-order valence-corrected chi connectivity index (χ2v) is 8.44. The molecule has 6 aromatic rings. The van der Waals surface area contributed by atoms with Crippen LogP contribution in [0.2, 0.25) is 0 Å². The van der Waals surface area contributed by atoms with Gasteiger partial charge in [-0.3, -0.25) is 0 Å². The zero-order chi connectivity index (χ0) is 22.5. The average molecular weight is 437 g/mol. The van der Waals surface area contributed by atoms with Crippen molar-refractivity contribution in [3.8, 4) is 22.8 Å². The van der Waals surface area contributed by atoms with Gasteiger partial charge in [-0.25, -0.2) is 4.98 Å². The third-order valence-corrected chi connectivity index (χ3v) is 6.44. The van der Waals surface area contributed by atoms with Crippen LogP contribution in [0.1, 0.15) is 0 Å². The first kappa shape index (κ1) is 18.9. The number of pyridine rings is 1. The molecule has 0 spiro atoms. The van der Waals surface area contributed by atoms with Crippen molar-refractivity contribution in [2.24, 2.45) is 0 Å². The van der Waals surface area contributed by atoms with Crippen molar-refractivity contribution >= 4 is 38.7 Å². The maximum absolute atomic E-state index is 6.16. The van der Waals surface area contributed by atoms with Crippen molar-refractivity contribution in [2.45, 2.75) is 0 Å². The summed E-state index contributed by atoms with van der Waals surface area (Å²) in [6.45, 7) is 0. The van der Waals surface area contributed by atoms with Crippen LogP contribution in [-0.2, 0) is 0 Å². The Kier molecular flexibility index (Phi) is 4.15. The van der Waals surface area contributed by atoms with Gasteiger partial charge in [-0.15, -0.1) is 0 Å². The maximum Gasteiger partial charge on any atom is 0.151 e. The highest BCUT2D eigenvalue weighted by atomic mass is 16.5.